The minimum Gasteiger partial charge on any atom is -0.497 e. The molecule has 1 heterocycles. The highest BCUT2D eigenvalue weighted by atomic mass is 16.5. The molecule has 7 heteroatoms. The van der Waals surface area contributed by atoms with Crippen LogP contribution < -0.4 is 10.1 Å². The minimum absolute atomic E-state index is 0.0713. The Morgan fingerprint density at radius 1 is 1.17 bits per heavy atom. The van der Waals surface area contributed by atoms with Crippen LogP contribution in [0.15, 0.2) is 36.7 Å². The molecule has 0 bridgehead atoms. The van der Waals surface area contributed by atoms with Gasteiger partial charge in [0.1, 0.15) is 11.4 Å². The zero-order valence-electron chi connectivity index (χ0n) is 12.8. The first-order chi connectivity index (χ1) is 11.0. The van der Waals surface area contributed by atoms with Crippen molar-refractivity contribution in [2.24, 2.45) is 0 Å². The average molecular weight is 315 g/mol. The Balaban J connectivity index is 2.10. The van der Waals surface area contributed by atoms with Crippen LogP contribution in [0.1, 0.15) is 45.9 Å². The first-order valence-electron chi connectivity index (χ1n) is 7.05. The summed E-state index contributed by atoms with van der Waals surface area (Å²) < 4.78 is 5.11. The lowest BCUT2D eigenvalue weighted by Gasteiger charge is -2.17. The lowest BCUT2D eigenvalue weighted by atomic mass is 10.0. The van der Waals surface area contributed by atoms with Crippen LogP contribution in [0.2, 0.25) is 0 Å². The predicted octanol–water partition coefficient (Wildman–Crippen LogP) is 2.06. The number of hydrogen-bond acceptors (Lipinski definition) is 5. The molecule has 0 aliphatic carbocycles. The second-order valence-electron chi connectivity index (χ2n) is 4.80. The van der Waals surface area contributed by atoms with Crippen LogP contribution in [0.25, 0.3) is 0 Å². The van der Waals surface area contributed by atoms with Crippen LogP contribution in [0.3, 0.4) is 0 Å². The fourth-order valence-corrected chi connectivity index (χ4v) is 2.05. The predicted molar refractivity (Wildman–Crippen MR) is 82.5 cm³/mol. The van der Waals surface area contributed by atoms with Crippen molar-refractivity contribution < 1.29 is 19.4 Å². The molecule has 0 aliphatic rings. The molecule has 0 radical (unpaired) electrons. The average Bonchev–Trinajstić information content (AvgIpc) is 2.59. The summed E-state index contributed by atoms with van der Waals surface area (Å²) in [5.74, 6) is -0.851. The zero-order valence-corrected chi connectivity index (χ0v) is 12.8. The molecule has 2 N–H and O–H groups in total. The van der Waals surface area contributed by atoms with Gasteiger partial charge < -0.3 is 15.2 Å². The number of aromatic carboxylic acids is 1. The molecular formula is C16H17N3O4. The Hall–Kier alpha value is -2.96. The maximum atomic E-state index is 12.2. The number of carboxylic acids is 1. The number of carbonyl (C=O) groups excluding carboxylic acids is 1. The fraction of sp³-hybridized carbons (Fsp3) is 0.250. The number of aromatic nitrogens is 2. The lowest BCUT2D eigenvalue weighted by molar-refractivity contribution is 0.0689. The van der Waals surface area contributed by atoms with Crippen molar-refractivity contribution in [3.05, 3.63) is 53.6 Å². The van der Waals surface area contributed by atoms with Crippen LogP contribution in [0.4, 0.5) is 0 Å². The summed E-state index contributed by atoms with van der Waals surface area (Å²) >= 11 is 0. The molecule has 23 heavy (non-hydrogen) atoms. The summed E-state index contributed by atoms with van der Waals surface area (Å²) in [5.41, 5.74) is 0.808. The number of carboxylic acid groups (broad SMARTS) is 1. The number of ether oxygens (including phenoxy) is 1. The van der Waals surface area contributed by atoms with Crippen LogP contribution >= 0.6 is 0 Å². The van der Waals surface area contributed by atoms with Crippen LogP contribution in [-0.2, 0) is 0 Å². The van der Waals surface area contributed by atoms with E-state index in [1.54, 1.807) is 7.11 Å². The van der Waals surface area contributed by atoms with Gasteiger partial charge in [0.15, 0.2) is 5.69 Å². The van der Waals surface area contributed by atoms with E-state index in [2.05, 4.69) is 15.3 Å². The Kier molecular flexibility index (Phi) is 5.24. The highest BCUT2D eigenvalue weighted by Crippen LogP contribution is 2.20. The summed E-state index contributed by atoms with van der Waals surface area (Å²) in [4.78, 5) is 30.5. The van der Waals surface area contributed by atoms with Crippen molar-refractivity contribution in [3.63, 3.8) is 0 Å². The van der Waals surface area contributed by atoms with Gasteiger partial charge in [-0.15, -0.1) is 0 Å². The number of rotatable bonds is 6. The van der Waals surface area contributed by atoms with Gasteiger partial charge in [-0.2, -0.15) is 0 Å². The fourth-order valence-electron chi connectivity index (χ4n) is 2.05. The normalized spacial score (nSPS) is 11.6. The molecule has 0 fully saturated rings. The Morgan fingerprint density at radius 3 is 2.26 bits per heavy atom. The van der Waals surface area contributed by atoms with Gasteiger partial charge in [-0.1, -0.05) is 19.1 Å². The van der Waals surface area contributed by atoms with E-state index in [0.29, 0.717) is 6.42 Å². The first-order valence-corrected chi connectivity index (χ1v) is 7.05. The number of carbonyl (C=O) groups is 2. The van der Waals surface area contributed by atoms with E-state index in [4.69, 9.17) is 9.84 Å². The third-order valence-electron chi connectivity index (χ3n) is 3.34. The molecule has 0 saturated heterocycles. The SMILES string of the molecule is CCC(NC(=O)c1cnc(C(=O)O)cn1)c1ccc(OC)cc1. The third kappa shape index (κ3) is 4.03. The largest absolute Gasteiger partial charge is 0.497 e. The molecule has 1 unspecified atom stereocenters. The first kappa shape index (κ1) is 16.4. The second kappa shape index (κ2) is 7.35. The van der Waals surface area contributed by atoms with Crippen LogP contribution in [-0.4, -0.2) is 34.1 Å². The van der Waals surface area contributed by atoms with E-state index >= 15 is 0 Å². The molecule has 1 amide bonds. The highest BCUT2D eigenvalue weighted by molar-refractivity contribution is 5.93. The summed E-state index contributed by atoms with van der Waals surface area (Å²) in [5, 5.41) is 11.6. The van der Waals surface area contributed by atoms with Crippen LogP contribution in [0, 0.1) is 0 Å². The van der Waals surface area contributed by atoms with Gasteiger partial charge in [-0.3, -0.25) is 4.79 Å². The lowest BCUT2D eigenvalue weighted by Crippen LogP contribution is -2.29. The number of benzene rings is 1. The van der Waals surface area contributed by atoms with Gasteiger partial charge in [0, 0.05) is 0 Å². The van der Waals surface area contributed by atoms with Gasteiger partial charge in [0.05, 0.1) is 25.5 Å². The molecule has 0 saturated carbocycles. The zero-order chi connectivity index (χ0) is 16.8. The van der Waals surface area contributed by atoms with Gasteiger partial charge in [-0.25, -0.2) is 14.8 Å². The summed E-state index contributed by atoms with van der Waals surface area (Å²) in [6.07, 6.45) is 2.91. The van der Waals surface area contributed by atoms with E-state index in [9.17, 15) is 9.59 Å². The number of methoxy groups -OCH3 is 1. The molecule has 0 aliphatic heterocycles. The number of nitrogens with zero attached hydrogens (tertiary/aromatic N) is 2. The van der Waals surface area contributed by atoms with Gasteiger partial charge in [-0.05, 0) is 24.1 Å². The number of hydrogen-bond donors (Lipinski definition) is 2. The standard InChI is InChI=1S/C16H17N3O4/c1-3-12(10-4-6-11(23-2)7-5-10)19-15(20)13-8-18-14(9-17-13)16(21)22/h4-9,12H,3H2,1-2H3,(H,19,20)(H,21,22). The molecule has 1 aromatic carbocycles. The molecule has 0 spiro atoms. The highest BCUT2D eigenvalue weighted by Gasteiger charge is 2.16. The van der Waals surface area contributed by atoms with Gasteiger partial charge in [0.2, 0.25) is 0 Å². The summed E-state index contributed by atoms with van der Waals surface area (Å²) in [6, 6.07) is 7.23. The van der Waals surface area contributed by atoms with Crippen molar-refractivity contribution >= 4 is 11.9 Å². The third-order valence-corrected chi connectivity index (χ3v) is 3.34. The Bertz CT molecular complexity index is 683. The van der Waals surface area contributed by atoms with E-state index in [-0.39, 0.29) is 17.4 Å². The second-order valence-corrected chi connectivity index (χ2v) is 4.80. The van der Waals surface area contributed by atoms with E-state index in [1.165, 1.54) is 0 Å². The van der Waals surface area contributed by atoms with Crippen molar-refractivity contribution in [1.29, 1.82) is 0 Å². The maximum Gasteiger partial charge on any atom is 0.356 e. The molecule has 7 nitrogen and oxygen atoms in total. The van der Waals surface area contributed by atoms with Crippen molar-refractivity contribution in [1.82, 2.24) is 15.3 Å². The van der Waals surface area contributed by atoms with Gasteiger partial charge in [0.25, 0.3) is 5.91 Å². The van der Waals surface area contributed by atoms with E-state index < -0.39 is 11.9 Å². The minimum atomic E-state index is -1.19. The van der Waals surface area contributed by atoms with Crippen molar-refractivity contribution in [3.8, 4) is 5.75 Å². The quantitative estimate of drug-likeness (QED) is 0.846. The van der Waals surface area contributed by atoms with Crippen LogP contribution in [0.5, 0.6) is 5.75 Å². The number of nitrogens with one attached hydrogen (secondary N) is 1. The maximum absolute atomic E-state index is 12.2. The monoisotopic (exact) mass is 315 g/mol. The molecule has 120 valence electrons. The smallest absolute Gasteiger partial charge is 0.356 e. The van der Waals surface area contributed by atoms with Crippen molar-refractivity contribution in [2.75, 3.05) is 7.11 Å². The molecular weight excluding hydrogens is 298 g/mol. The summed E-state index contributed by atoms with van der Waals surface area (Å²) in [6.45, 7) is 1.95. The van der Waals surface area contributed by atoms with E-state index in [0.717, 1.165) is 23.7 Å². The Morgan fingerprint density at radius 2 is 1.78 bits per heavy atom. The molecule has 1 aromatic heterocycles. The number of amides is 1. The van der Waals surface area contributed by atoms with Gasteiger partial charge >= 0.3 is 5.97 Å². The van der Waals surface area contributed by atoms with E-state index in [1.807, 2.05) is 31.2 Å². The molecule has 2 rings (SSSR count). The Labute approximate surface area is 133 Å². The molecule has 1 atom stereocenters. The summed E-state index contributed by atoms with van der Waals surface area (Å²) in [7, 11) is 1.59. The van der Waals surface area contributed by atoms with Crippen molar-refractivity contribution in [2.45, 2.75) is 19.4 Å². The molecule has 2 aromatic rings. The topological polar surface area (TPSA) is 101 Å².